The molecule has 22 heavy (non-hydrogen) atoms. The van der Waals surface area contributed by atoms with Gasteiger partial charge in [-0.3, -0.25) is 0 Å². The molecule has 1 aliphatic rings. The van der Waals surface area contributed by atoms with Crippen LogP contribution in [0.25, 0.3) is 11.4 Å². The predicted molar refractivity (Wildman–Crippen MR) is 83.3 cm³/mol. The molecule has 0 spiro atoms. The lowest BCUT2D eigenvalue weighted by Crippen LogP contribution is -2.22. The van der Waals surface area contributed by atoms with Gasteiger partial charge in [0.05, 0.1) is 14.2 Å². The third kappa shape index (κ3) is 3.16. The van der Waals surface area contributed by atoms with E-state index in [4.69, 9.17) is 14.0 Å². The maximum atomic E-state index is 5.31. The summed E-state index contributed by atoms with van der Waals surface area (Å²) in [6.07, 6.45) is 6.16. The fraction of sp³-hybridized carbons (Fsp3) is 0.500. The number of anilines is 1. The lowest BCUT2D eigenvalue weighted by molar-refractivity contribution is 0.355. The highest BCUT2D eigenvalue weighted by atomic mass is 16.5. The van der Waals surface area contributed by atoms with E-state index in [1.807, 2.05) is 18.2 Å². The van der Waals surface area contributed by atoms with E-state index in [0.717, 1.165) is 18.4 Å². The summed E-state index contributed by atoms with van der Waals surface area (Å²) < 4.78 is 15.8. The Morgan fingerprint density at radius 1 is 1.09 bits per heavy atom. The van der Waals surface area contributed by atoms with Crippen molar-refractivity contribution >= 4 is 6.01 Å². The average molecular weight is 303 g/mol. The van der Waals surface area contributed by atoms with Crippen molar-refractivity contribution in [3.8, 4) is 22.9 Å². The number of hydrogen-bond donors (Lipinski definition) is 1. The summed E-state index contributed by atoms with van der Waals surface area (Å²) in [4.78, 5) is 4.42. The third-order valence-corrected chi connectivity index (χ3v) is 4.00. The number of rotatable bonds is 5. The molecule has 1 aromatic carbocycles. The second-order valence-corrected chi connectivity index (χ2v) is 5.47. The molecule has 0 saturated heterocycles. The summed E-state index contributed by atoms with van der Waals surface area (Å²) in [7, 11) is 3.21. The van der Waals surface area contributed by atoms with Crippen molar-refractivity contribution in [2.45, 2.75) is 38.1 Å². The second-order valence-electron chi connectivity index (χ2n) is 5.47. The Kier molecular flexibility index (Phi) is 4.46. The van der Waals surface area contributed by atoms with Crippen LogP contribution in [-0.2, 0) is 0 Å². The number of ether oxygens (including phenoxy) is 2. The molecule has 0 aliphatic heterocycles. The standard InChI is InChI=1S/C16H21N3O3/c1-20-13-9-8-11(10-14(13)21-2)15-18-16(22-19-15)17-12-6-4-3-5-7-12/h8-10,12H,3-7H2,1-2H3,(H,17,18,19). The monoisotopic (exact) mass is 303 g/mol. The van der Waals surface area contributed by atoms with Crippen molar-refractivity contribution in [2.24, 2.45) is 0 Å². The van der Waals surface area contributed by atoms with Gasteiger partial charge in [0.2, 0.25) is 5.82 Å². The first-order chi connectivity index (χ1) is 10.8. The van der Waals surface area contributed by atoms with Gasteiger partial charge in [-0.05, 0) is 31.0 Å². The maximum Gasteiger partial charge on any atom is 0.322 e. The normalized spacial score (nSPS) is 15.5. The Morgan fingerprint density at radius 2 is 1.86 bits per heavy atom. The zero-order valence-corrected chi connectivity index (χ0v) is 13.0. The number of methoxy groups -OCH3 is 2. The number of nitrogens with zero attached hydrogens (tertiary/aromatic N) is 2. The van der Waals surface area contributed by atoms with Crippen LogP contribution in [0.3, 0.4) is 0 Å². The quantitative estimate of drug-likeness (QED) is 0.911. The molecule has 0 atom stereocenters. The van der Waals surface area contributed by atoms with Gasteiger partial charge in [0.25, 0.3) is 0 Å². The van der Waals surface area contributed by atoms with Crippen LogP contribution in [-0.4, -0.2) is 30.4 Å². The van der Waals surface area contributed by atoms with Crippen LogP contribution in [0.15, 0.2) is 22.7 Å². The molecule has 1 heterocycles. The van der Waals surface area contributed by atoms with E-state index in [0.29, 0.717) is 29.4 Å². The van der Waals surface area contributed by atoms with Crippen molar-refractivity contribution in [3.63, 3.8) is 0 Å². The number of benzene rings is 1. The Bertz CT molecular complexity index is 621. The van der Waals surface area contributed by atoms with Crippen molar-refractivity contribution in [2.75, 3.05) is 19.5 Å². The largest absolute Gasteiger partial charge is 0.493 e. The number of nitrogens with one attached hydrogen (secondary N) is 1. The molecule has 1 N–H and O–H groups in total. The maximum absolute atomic E-state index is 5.31. The molecule has 6 heteroatoms. The van der Waals surface area contributed by atoms with Gasteiger partial charge in [0.15, 0.2) is 11.5 Å². The highest BCUT2D eigenvalue weighted by Crippen LogP contribution is 2.31. The third-order valence-electron chi connectivity index (χ3n) is 4.00. The molecule has 0 bridgehead atoms. The van der Waals surface area contributed by atoms with Crippen LogP contribution in [0.2, 0.25) is 0 Å². The van der Waals surface area contributed by atoms with Crippen LogP contribution < -0.4 is 14.8 Å². The molecule has 6 nitrogen and oxygen atoms in total. The van der Waals surface area contributed by atoms with E-state index < -0.39 is 0 Å². The molecule has 0 radical (unpaired) electrons. The summed E-state index contributed by atoms with van der Waals surface area (Å²) in [6, 6.07) is 6.48. The zero-order chi connectivity index (χ0) is 15.4. The molecule has 1 saturated carbocycles. The summed E-state index contributed by atoms with van der Waals surface area (Å²) >= 11 is 0. The minimum atomic E-state index is 0.437. The van der Waals surface area contributed by atoms with E-state index in [9.17, 15) is 0 Å². The van der Waals surface area contributed by atoms with E-state index in [2.05, 4.69) is 15.5 Å². The number of aromatic nitrogens is 2. The molecule has 118 valence electrons. The van der Waals surface area contributed by atoms with Crippen LogP contribution in [0.4, 0.5) is 6.01 Å². The summed E-state index contributed by atoms with van der Waals surface area (Å²) in [5.74, 6) is 1.86. The van der Waals surface area contributed by atoms with Gasteiger partial charge in [0, 0.05) is 11.6 Å². The molecular formula is C16H21N3O3. The van der Waals surface area contributed by atoms with Crippen molar-refractivity contribution in [1.29, 1.82) is 0 Å². The van der Waals surface area contributed by atoms with E-state index >= 15 is 0 Å². The first-order valence-electron chi connectivity index (χ1n) is 7.63. The fourth-order valence-corrected chi connectivity index (χ4v) is 2.80. The van der Waals surface area contributed by atoms with Gasteiger partial charge in [-0.1, -0.05) is 24.4 Å². The Hall–Kier alpha value is -2.24. The van der Waals surface area contributed by atoms with Crippen LogP contribution in [0.1, 0.15) is 32.1 Å². The molecule has 1 aliphatic carbocycles. The van der Waals surface area contributed by atoms with E-state index in [1.54, 1.807) is 14.2 Å². The van der Waals surface area contributed by atoms with Crippen molar-refractivity contribution < 1.29 is 14.0 Å². The molecule has 0 amide bonds. The summed E-state index contributed by atoms with van der Waals surface area (Å²) in [5.41, 5.74) is 0.832. The van der Waals surface area contributed by atoms with Crippen molar-refractivity contribution in [1.82, 2.24) is 10.1 Å². The smallest absolute Gasteiger partial charge is 0.322 e. The molecule has 3 rings (SSSR count). The summed E-state index contributed by atoms with van der Waals surface area (Å²) in [6.45, 7) is 0. The lowest BCUT2D eigenvalue weighted by Gasteiger charge is -2.21. The van der Waals surface area contributed by atoms with Gasteiger partial charge in [-0.15, -0.1) is 0 Å². The van der Waals surface area contributed by atoms with Gasteiger partial charge in [-0.25, -0.2) is 0 Å². The first-order valence-corrected chi connectivity index (χ1v) is 7.63. The number of hydrogen-bond acceptors (Lipinski definition) is 6. The summed E-state index contributed by atoms with van der Waals surface area (Å²) in [5, 5.41) is 7.36. The first kappa shape index (κ1) is 14.7. The minimum absolute atomic E-state index is 0.437. The van der Waals surface area contributed by atoms with Gasteiger partial charge in [0.1, 0.15) is 0 Å². The van der Waals surface area contributed by atoms with Gasteiger partial charge >= 0.3 is 6.01 Å². The molecule has 0 unspecified atom stereocenters. The average Bonchev–Trinajstić information content (AvgIpc) is 3.03. The minimum Gasteiger partial charge on any atom is -0.493 e. The lowest BCUT2D eigenvalue weighted by atomic mass is 9.96. The van der Waals surface area contributed by atoms with Crippen LogP contribution in [0.5, 0.6) is 11.5 Å². The SMILES string of the molecule is COc1ccc(-c2noc(NC3CCCCC3)n2)cc1OC. The van der Waals surface area contributed by atoms with E-state index in [1.165, 1.54) is 19.3 Å². The van der Waals surface area contributed by atoms with Gasteiger partial charge < -0.3 is 19.3 Å². The molecule has 1 aromatic heterocycles. The molecule has 2 aromatic rings. The molecular weight excluding hydrogens is 282 g/mol. The van der Waals surface area contributed by atoms with Crippen LogP contribution in [0, 0.1) is 0 Å². The Morgan fingerprint density at radius 3 is 2.59 bits per heavy atom. The topological polar surface area (TPSA) is 69.4 Å². The van der Waals surface area contributed by atoms with Crippen molar-refractivity contribution in [3.05, 3.63) is 18.2 Å². The fourth-order valence-electron chi connectivity index (χ4n) is 2.80. The second kappa shape index (κ2) is 6.68. The highest BCUT2D eigenvalue weighted by Gasteiger charge is 2.17. The Balaban J connectivity index is 1.75. The Labute approximate surface area is 129 Å². The zero-order valence-electron chi connectivity index (χ0n) is 13.0. The highest BCUT2D eigenvalue weighted by molar-refractivity contribution is 5.61. The predicted octanol–water partition coefficient (Wildman–Crippen LogP) is 3.50. The van der Waals surface area contributed by atoms with E-state index in [-0.39, 0.29) is 0 Å². The van der Waals surface area contributed by atoms with Crippen LogP contribution >= 0.6 is 0 Å². The van der Waals surface area contributed by atoms with Gasteiger partial charge in [-0.2, -0.15) is 4.98 Å². The molecule has 1 fully saturated rings.